The number of hydrogen-bond acceptors (Lipinski definition) is 5. The van der Waals surface area contributed by atoms with Gasteiger partial charge in [0.1, 0.15) is 15.6 Å². The van der Waals surface area contributed by atoms with Crippen molar-refractivity contribution in [2.45, 2.75) is 19.9 Å². The van der Waals surface area contributed by atoms with Crippen LogP contribution in [0.2, 0.25) is 0 Å². The SMILES string of the molecule is CCS(=O)(=O)CCCOc1cccc(CNCCOC)c1. The molecular weight excluding hydrogens is 290 g/mol. The first-order chi connectivity index (χ1) is 10.1. The third-order valence-electron chi connectivity index (χ3n) is 3.02. The van der Waals surface area contributed by atoms with Crippen molar-refractivity contribution in [3.63, 3.8) is 0 Å². The molecule has 0 saturated heterocycles. The van der Waals surface area contributed by atoms with Gasteiger partial charge in [-0.25, -0.2) is 8.42 Å². The Hall–Kier alpha value is -1.11. The van der Waals surface area contributed by atoms with Crippen LogP contribution in [0.1, 0.15) is 18.9 Å². The van der Waals surface area contributed by atoms with Gasteiger partial charge in [0.15, 0.2) is 0 Å². The number of methoxy groups -OCH3 is 1. The first-order valence-corrected chi connectivity index (χ1v) is 9.01. The topological polar surface area (TPSA) is 64.6 Å². The maximum Gasteiger partial charge on any atom is 0.150 e. The van der Waals surface area contributed by atoms with Crippen LogP contribution in [0.3, 0.4) is 0 Å². The molecule has 0 aliphatic carbocycles. The van der Waals surface area contributed by atoms with E-state index in [4.69, 9.17) is 9.47 Å². The van der Waals surface area contributed by atoms with Crippen molar-refractivity contribution in [1.82, 2.24) is 5.32 Å². The largest absolute Gasteiger partial charge is 0.494 e. The predicted octanol–water partition coefficient (Wildman–Crippen LogP) is 1.63. The summed E-state index contributed by atoms with van der Waals surface area (Å²) in [7, 11) is -1.23. The molecule has 21 heavy (non-hydrogen) atoms. The molecule has 1 aromatic rings. The molecule has 0 atom stereocenters. The third kappa shape index (κ3) is 8.04. The zero-order chi connectivity index (χ0) is 15.6. The molecule has 0 heterocycles. The van der Waals surface area contributed by atoms with Gasteiger partial charge < -0.3 is 14.8 Å². The summed E-state index contributed by atoms with van der Waals surface area (Å²) in [5.74, 6) is 1.15. The second-order valence-electron chi connectivity index (χ2n) is 4.76. The molecule has 5 nitrogen and oxygen atoms in total. The second-order valence-corrected chi connectivity index (χ2v) is 7.23. The van der Waals surface area contributed by atoms with E-state index in [9.17, 15) is 8.42 Å². The van der Waals surface area contributed by atoms with Gasteiger partial charge in [-0.3, -0.25) is 0 Å². The minimum absolute atomic E-state index is 0.182. The molecule has 0 spiro atoms. The molecular formula is C15H25NO4S. The van der Waals surface area contributed by atoms with Gasteiger partial charge in [-0.15, -0.1) is 0 Å². The first kappa shape index (κ1) is 17.9. The maximum atomic E-state index is 11.4. The molecule has 0 bridgehead atoms. The van der Waals surface area contributed by atoms with Crippen LogP contribution in [-0.4, -0.2) is 46.8 Å². The molecule has 0 aromatic heterocycles. The van der Waals surface area contributed by atoms with E-state index < -0.39 is 9.84 Å². The third-order valence-corrected chi connectivity index (χ3v) is 4.81. The van der Waals surface area contributed by atoms with E-state index >= 15 is 0 Å². The Morgan fingerprint density at radius 2 is 2.05 bits per heavy atom. The molecule has 0 unspecified atom stereocenters. The first-order valence-electron chi connectivity index (χ1n) is 7.19. The van der Waals surface area contributed by atoms with Crippen LogP contribution < -0.4 is 10.1 Å². The summed E-state index contributed by atoms with van der Waals surface area (Å²) in [4.78, 5) is 0. The highest BCUT2D eigenvalue weighted by atomic mass is 32.2. The number of benzene rings is 1. The lowest BCUT2D eigenvalue weighted by molar-refractivity contribution is 0.199. The van der Waals surface area contributed by atoms with Gasteiger partial charge in [0.2, 0.25) is 0 Å². The lowest BCUT2D eigenvalue weighted by Gasteiger charge is -2.09. The summed E-state index contributed by atoms with van der Waals surface area (Å²) < 4.78 is 33.3. The quantitative estimate of drug-likeness (QED) is 0.629. The van der Waals surface area contributed by atoms with Crippen LogP contribution in [-0.2, 0) is 21.1 Å². The molecule has 0 fully saturated rings. The number of hydrogen-bond donors (Lipinski definition) is 1. The number of rotatable bonds is 11. The van der Waals surface area contributed by atoms with Crippen LogP contribution in [0.15, 0.2) is 24.3 Å². The number of nitrogens with one attached hydrogen (secondary N) is 1. The molecule has 0 radical (unpaired) electrons. The lowest BCUT2D eigenvalue weighted by atomic mass is 10.2. The van der Waals surface area contributed by atoms with E-state index in [1.165, 1.54) is 0 Å². The van der Waals surface area contributed by atoms with Gasteiger partial charge in [0.25, 0.3) is 0 Å². The van der Waals surface area contributed by atoms with Crippen LogP contribution in [0.4, 0.5) is 0 Å². The van der Waals surface area contributed by atoms with E-state index in [2.05, 4.69) is 5.32 Å². The zero-order valence-electron chi connectivity index (χ0n) is 12.8. The van der Waals surface area contributed by atoms with Gasteiger partial charge in [0, 0.05) is 26.0 Å². The van der Waals surface area contributed by atoms with E-state index in [0.717, 1.165) is 24.4 Å². The van der Waals surface area contributed by atoms with Crippen molar-refractivity contribution < 1.29 is 17.9 Å². The zero-order valence-corrected chi connectivity index (χ0v) is 13.6. The second kappa shape index (κ2) is 9.76. The minimum atomic E-state index is -2.90. The van der Waals surface area contributed by atoms with Crippen LogP contribution in [0.25, 0.3) is 0 Å². The van der Waals surface area contributed by atoms with Crippen LogP contribution >= 0.6 is 0 Å². The Balaban J connectivity index is 2.32. The number of sulfone groups is 1. The summed E-state index contributed by atoms with van der Waals surface area (Å²) in [6.45, 7) is 4.32. The smallest absolute Gasteiger partial charge is 0.150 e. The Labute approximate surface area is 127 Å². The van der Waals surface area contributed by atoms with Crippen LogP contribution in [0.5, 0.6) is 5.75 Å². The Kier molecular flexibility index (Phi) is 8.34. The van der Waals surface area contributed by atoms with Crippen molar-refractivity contribution in [3.8, 4) is 5.75 Å². The van der Waals surface area contributed by atoms with E-state index in [1.807, 2.05) is 24.3 Å². The molecule has 0 aliphatic rings. The van der Waals surface area contributed by atoms with Crippen molar-refractivity contribution in [2.75, 3.05) is 38.4 Å². The fraction of sp³-hybridized carbons (Fsp3) is 0.600. The van der Waals surface area contributed by atoms with Gasteiger partial charge in [-0.1, -0.05) is 19.1 Å². The predicted molar refractivity (Wildman–Crippen MR) is 84.5 cm³/mol. The number of ether oxygens (including phenoxy) is 2. The fourth-order valence-electron chi connectivity index (χ4n) is 1.77. The monoisotopic (exact) mass is 315 g/mol. The van der Waals surface area contributed by atoms with Gasteiger partial charge in [-0.05, 0) is 24.1 Å². The van der Waals surface area contributed by atoms with E-state index in [0.29, 0.717) is 19.6 Å². The average molecular weight is 315 g/mol. The fourth-order valence-corrected chi connectivity index (χ4v) is 2.61. The van der Waals surface area contributed by atoms with Crippen LogP contribution in [0, 0.1) is 0 Å². The Morgan fingerprint density at radius 3 is 2.76 bits per heavy atom. The summed E-state index contributed by atoms with van der Waals surface area (Å²) in [6, 6.07) is 7.81. The van der Waals surface area contributed by atoms with Gasteiger partial charge in [-0.2, -0.15) is 0 Å². The molecule has 0 saturated carbocycles. The van der Waals surface area contributed by atoms with Gasteiger partial charge >= 0.3 is 0 Å². The summed E-state index contributed by atoms with van der Waals surface area (Å²) in [5, 5.41) is 3.26. The highest BCUT2D eigenvalue weighted by Crippen LogP contribution is 2.13. The summed E-state index contributed by atoms with van der Waals surface area (Å²) >= 11 is 0. The molecule has 1 aromatic carbocycles. The molecule has 1 N–H and O–H groups in total. The standard InChI is InChI=1S/C15H25NO4S/c1-3-21(17,18)11-5-9-20-15-7-4-6-14(12-15)13-16-8-10-19-2/h4,6-7,12,16H,3,5,8-11,13H2,1-2H3. The van der Waals surface area contributed by atoms with E-state index in [1.54, 1.807) is 14.0 Å². The highest BCUT2D eigenvalue weighted by molar-refractivity contribution is 7.91. The summed E-state index contributed by atoms with van der Waals surface area (Å²) in [5.41, 5.74) is 1.13. The van der Waals surface area contributed by atoms with E-state index in [-0.39, 0.29) is 11.5 Å². The molecule has 0 aliphatic heterocycles. The minimum Gasteiger partial charge on any atom is -0.494 e. The Morgan fingerprint density at radius 1 is 1.24 bits per heavy atom. The average Bonchev–Trinajstić information content (AvgIpc) is 2.49. The Bertz CT molecular complexity index is 502. The van der Waals surface area contributed by atoms with Crippen molar-refractivity contribution in [1.29, 1.82) is 0 Å². The highest BCUT2D eigenvalue weighted by Gasteiger charge is 2.06. The van der Waals surface area contributed by atoms with Crippen molar-refractivity contribution >= 4 is 9.84 Å². The molecule has 6 heteroatoms. The molecule has 0 amide bonds. The maximum absolute atomic E-state index is 11.4. The van der Waals surface area contributed by atoms with Crippen molar-refractivity contribution in [2.24, 2.45) is 0 Å². The molecule has 120 valence electrons. The van der Waals surface area contributed by atoms with Crippen molar-refractivity contribution in [3.05, 3.63) is 29.8 Å². The normalized spacial score (nSPS) is 11.5. The summed E-state index contributed by atoms with van der Waals surface area (Å²) in [6.07, 6.45) is 0.520. The molecule has 1 rings (SSSR count). The van der Waals surface area contributed by atoms with Gasteiger partial charge in [0.05, 0.1) is 19.0 Å². The lowest BCUT2D eigenvalue weighted by Crippen LogP contribution is -2.18.